The van der Waals surface area contributed by atoms with Gasteiger partial charge in [0.15, 0.2) is 0 Å². The molecule has 1 aromatic carbocycles. The van der Waals surface area contributed by atoms with E-state index in [1.165, 1.54) is 24.1 Å². The monoisotopic (exact) mass is 354 g/mol. The minimum absolute atomic E-state index is 0.0717. The first-order valence-corrected chi connectivity index (χ1v) is 9.66. The molecule has 1 saturated carbocycles. The lowest BCUT2D eigenvalue weighted by molar-refractivity contribution is -0.0138. The molecular formula is C21H30N4O. The standard InChI is InChI=1S/C21H30N4O/c1-23(2)18-8-10-21(11-9-18)15-25(14-19-12-22-16-24(19)3)13-17-6-4-5-7-20(17)26-21/h4-7,12,16,18H,8-11,13-15H2,1-3H3. The topological polar surface area (TPSA) is 33.5 Å². The van der Waals surface area contributed by atoms with Gasteiger partial charge in [-0.1, -0.05) is 18.2 Å². The first-order chi connectivity index (χ1) is 12.5. The molecule has 0 N–H and O–H groups in total. The lowest BCUT2D eigenvalue weighted by Crippen LogP contribution is -2.50. The Kier molecular flexibility index (Phi) is 4.76. The first kappa shape index (κ1) is 17.6. The van der Waals surface area contributed by atoms with E-state index in [4.69, 9.17) is 4.74 Å². The molecule has 0 radical (unpaired) electrons. The first-order valence-electron chi connectivity index (χ1n) is 9.66. The molecule has 5 heteroatoms. The molecule has 1 fully saturated rings. The molecule has 140 valence electrons. The molecule has 1 aliphatic carbocycles. The fourth-order valence-electron chi connectivity index (χ4n) is 4.49. The molecular weight excluding hydrogens is 324 g/mol. The third-order valence-electron chi connectivity index (χ3n) is 6.10. The third-order valence-corrected chi connectivity index (χ3v) is 6.10. The van der Waals surface area contributed by atoms with Crippen molar-refractivity contribution in [3.8, 4) is 5.75 Å². The average molecular weight is 354 g/mol. The number of hydrogen-bond donors (Lipinski definition) is 0. The molecule has 2 aliphatic rings. The number of para-hydroxylation sites is 1. The highest BCUT2D eigenvalue weighted by Crippen LogP contribution is 2.39. The van der Waals surface area contributed by atoms with Gasteiger partial charge in [-0.25, -0.2) is 4.98 Å². The van der Waals surface area contributed by atoms with Crippen molar-refractivity contribution >= 4 is 0 Å². The minimum atomic E-state index is -0.0717. The van der Waals surface area contributed by atoms with Crippen LogP contribution in [0.1, 0.15) is 36.9 Å². The molecule has 1 aromatic heterocycles. The van der Waals surface area contributed by atoms with Crippen LogP contribution in [0.2, 0.25) is 0 Å². The molecule has 0 atom stereocenters. The zero-order valence-electron chi connectivity index (χ0n) is 16.2. The molecule has 5 nitrogen and oxygen atoms in total. The summed E-state index contributed by atoms with van der Waals surface area (Å²) >= 11 is 0. The average Bonchev–Trinajstić information content (AvgIpc) is 2.94. The van der Waals surface area contributed by atoms with E-state index in [0.29, 0.717) is 6.04 Å². The number of ether oxygens (including phenoxy) is 1. The summed E-state index contributed by atoms with van der Waals surface area (Å²) < 4.78 is 8.83. The largest absolute Gasteiger partial charge is 0.486 e. The van der Waals surface area contributed by atoms with Gasteiger partial charge in [0.25, 0.3) is 0 Å². The summed E-state index contributed by atoms with van der Waals surface area (Å²) in [7, 11) is 6.46. The van der Waals surface area contributed by atoms with Crippen molar-refractivity contribution in [1.29, 1.82) is 0 Å². The highest BCUT2D eigenvalue weighted by molar-refractivity contribution is 5.35. The van der Waals surface area contributed by atoms with Gasteiger partial charge < -0.3 is 14.2 Å². The minimum Gasteiger partial charge on any atom is -0.486 e. The van der Waals surface area contributed by atoms with E-state index in [1.807, 2.05) is 12.5 Å². The predicted octanol–water partition coefficient (Wildman–Crippen LogP) is 3.06. The molecule has 0 bridgehead atoms. The third kappa shape index (κ3) is 3.51. The predicted molar refractivity (Wildman–Crippen MR) is 103 cm³/mol. The number of nitrogens with zero attached hydrogens (tertiary/aromatic N) is 4. The fourth-order valence-corrected chi connectivity index (χ4v) is 4.49. The van der Waals surface area contributed by atoms with Gasteiger partial charge in [0, 0.05) is 44.5 Å². The van der Waals surface area contributed by atoms with Crippen LogP contribution in [-0.4, -0.2) is 51.6 Å². The fraction of sp³-hybridized carbons (Fsp3) is 0.571. The van der Waals surface area contributed by atoms with Gasteiger partial charge in [0.2, 0.25) is 0 Å². The Morgan fingerprint density at radius 3 is 2.69 bits per heavy atom. The van der Waals surface area contributed by atoms with Crippen LogP contribution in [0.15, 0.2) is 36.8 Å². The van der Waals surface area contributed by atoms with Crippen LogP contribution in [-0.2, 0) is 20.1 Å². The maximum Gasteiger partial charge on any atom is 0.124 e. The molecule has 0 unspecified atom stereocenters. The Morgan fingerprint density at radius 2 is 2.00 bits per heavy atom. The lowest BCUT2D eigenvalue weighted by Gasteiger charge is -2.43. The second-order valence-corrected chi connectivity index (χ2v) is 8.23. The summed E-state index contributed by atoms with van der Waals surface area (Å²) in [5.74, 6) is 1.07. The summed E-state index contributed by atoms with van der Waals surface area (Å²) in [4.78, 5) is 9.19. The molecule has 0 saturated heterocycles. The smallest absolute Gasteiger partial charge is 0.124 e. The molecule has 2 heterocycles. The number of aryl methyl sites for hydroxylation is 1. The molecule has 4 rings (SSSR count). The summed E-state index contributed by atoms with van der Waals surface area (Å²) in [6.07, 6.45) is 8.50. The molecule has 1 spiro atoms. The normalized spacial score (nSPS) is 26.5. The maximum absolute atomic E-state index is 6.71. The van der Waals surface area contributed by atoms with Crippen LogP contribution >= 0.6 is 0 Å². The van der Waals surface area contributed by atoms with E-state index in [2.05, 4.69) is 64.8 Å². The lowest BCUT2D eigenvalue weighted by atomic mass is 9.81. The number of rotatable bonds is 3. The van der Waals surface area contributed by atoms with Gasteiger partial charge in [-0.15, -0.1) is 0 Å². The van der Waals surface area contributed by atoms with Gasteiger partial charge in [0.1, 0.15) is 11.4 Å². The number of benzene rings is 1. The number of imidazole rings is 1. The quantitative estimate of drug-likeness (QED) is 0.848. The summed E-state index contributed by atoms with van der Waals surface area (Å²) in [5.41, 5.74) is 2.47. The van der Waals surface area contributed by atoms with Gasteiger partial charge in [0.05, 0.1) is 12.0 Å². The summed E-state index contributed by atoms with van der Waals surface area (Å²) in [6.45, 7) is 2.82. The van der Waals surface area contributed by atoms with Crippen molar-refractivity contribution in [2.75, 3.05) is 20.6 Å². The Balaban J connectivity index is 1.60. The number of fused-ring (bicyclic) bond motifs is 1. The Bertz CT molecular complexity index is 746. The number of hydrogen-bond acceptors (Lipinski definition) is 4. The van der Waals surface area contributed by atoms with Crippen molar-refractivity contribution in [3.63, 3.8) is 0 Å². The Hall–Kier alpha value is -1.85. The van der Waals surface area contributed by atoms with Gasteiger partial charge >= 0.3 is 0 Å². The van der Waals surface area contributed by atoms with Crippen LogP contribution in [0, 0.1) is 0 Å². The number of aromatic nitrogens is 2. The summed E-state index contributed by atoms with van der Waals surface area (Å²) in [6, 6.07) is 9.23. The van der Waals surface area contributed by atoms with Crippen LogP contribution < -0.4 is 4.74 Å². The second kappa shape index (κ2) is 7.05. The van der Waals surface area contributed by atoms with E-state index >= 15 is 0 Å². The molecule has 1 aliphatic heterocycles. The highest BCUT2D eigenvalue weighted by atomic mass is 16.5. The Morgan fingerprint density at radius 1 is 1.23 bits per heavy atom. The van der Waals surface area contributed by atoms with E-state index in [9.17, 15) is 0 Å². The van der Waals surface area contributed by atoms with Crippen LogP contribution in [0.4, 0.5) is 0 Å². The van der Waals surface area contributed by atoms with E-state index in [1.54, 1.807) is 0 Å². The van der Waals surface area contributed by atoms with Gasteiger partial charge in [-0.2, -0.15) is 0 Å². The van der Waals surface area contributed by atoms with E-state index in [0.717, 1.165) is 38.2 Å². The molecule has 0 amide bonds. The second-order valence-electron chi connectivity index (χ2n) is 8.23. The van der Waals surface area contributed by atoms with Gasteiger partial charge in [-0.3, -0.25) is 4.90 Å². The summed E-state index contributed by atoms with van der Waals surface area (Å²) in [5, 5.41) is 0. The van der Waals surface area contributed by atoms with Crippen molar-refractivity contribution in [3.05, 3.63) is 48.0 Å². The zero-order chi connectivity index (χ0) is 18.1. The van der Waals surface area contributed by atoms with Gasteiger partial charge in [-0.05, 0) is 45.8 Å². The van der Waals surface area contributed by atoms with E-state index in [-0.39, 0.29) is 5.60 Å². The molecule has 2 aromatic rings. The van der Waals surface area contributed by atoms with Crippen LogP contribution in [0.3, 0.4) is 0 Å². The van der Waals surface area contributed by atoms with Crippen molar-refractivity contribution < 1.29 is 4.74 Å². The zero-order valence-corrected chi connectivity index (χ0v) is 16.2. The van der Waals surface area contributed by atoms with Crippen molar-refractivity contribution in [1.82, 2.24) is 19.4 Å². The molecule has 26 heavy (non-hydrogen) atoms. The van der Waals surface area contributed by atoms with E-state index < -0.39 is 0 Å². The van der Waals surface area contributed by atoms with Crippen LogP contribution in [0.5, 0.6) is 5.75 Å². The van der Waals surface area contributed by atoms with Crippen molar-refractivity contribution in [2.24, 2.45) is 7.05 Å². The van der Waals surface area contributed by atoms with Crippen molar-refractivity contribution in [2.45, 2.75) is 50.4 Å². The maximum atomic E-state index is 6.71. The van der Waals surface area contributed by atoms with Crippen LogP contribution in [0.25, 0.3) is 0 Å². The SMILES string of the molecule is CN(C)C1CCC2(CC1)CN(Cc1cncn1C)Cc1ccccc1O2. The Labute approximate surface area is 156 Å². The highest BCUT2D eigenvalue weighted by Gasteiger charge is 2.41.